The molecule has 0 aliphatic rings. The van der Waals surface area contributed by atoms with Gasteiger partial charge in [0.15, 0.2) is 5.82 Å². The summed E-state index contributed by atoms with van der Waals surface area (Å²) in [6, 6.07) is 17.2. The molecule has 0 atom stereocenters. The van der Waals surface area contributed by atoms with Crippen LogP contribution in [0.15, 0.2) is 54.7 Å². The fraction of sp³-hybridized carbons (Fsp3) is 0.200. The monoisotopic (exact) mass is 530 g/mol. The Balaban J connectivity index is 0.00000216. The zero-order valence-corrected chi connectivity index (χ0v) is 21.6. The number of hydrogen-bond acceptors (Lipinski definition) is 7. The average Bonchev–Trinajstić information content (AvgIpc) is 2.83. The first-order valence-corrected chi connectivity index (χ1v) is 10.8. The molecule has 2 N–H and O–H groups in total. The Hall–Kier alpha value is -3.31. The van der Waals surface area contributed by atoms with E-state index in [1.54, 1.807) is 19.4 Å². The molecule has 4 rings (SSSR count). The molecular weight excluding hydrogens is 507 g/mol. The lowest BCUT2D eigenvalue weighted by molar-refractivity contribution is 0.415. The molecule has 2 heterocycles. The maximum absolute atomic E-state index is 9.53. The van der Waals surface area contributed by atoms with Crippen LogP contribution in [-0.4, -0.2) is 35.9 Å². The number of likely N-dealkylation sites (N-methyl/N-ethyl adjacent to an activating group) is 1. The molecule has 0 amide bonds. The zero-order chi connectivity index (χ0) is 23.4. The maximum Gasteiger partial charge on any atom is 0.159 e. The number of benzene rings is 2. The van der Waals surface area contributed by atoms with Gasteiger partial charge in [-0.25, -0.2) is 0 Å². The van der Waals surface area contributed by atoms with E-state index in [1.165, 1.54) is 0 Å². The number of aromatic nitrogens is 3. The van der Waals surface area contributed by atoms with Gasteiger partial charge in [0.25, 0.3) is 0 Å². The van der Waals surface area contributed by atoms with Gasteiger partial charge in [-0.15, -0.1) is 29.9 Å². The van der Waals surface area contributed by atoms with Gasteiger partial charge in [-0.1, -0.05) is 23.7 Å². The Morgan fingerprint density at radius 2 is 1.91 bits per heavy atom. The third kappa shape index (κ3) is 6.04. The molecule has 2 aromatic heterocycles. The molecular formula is C25H25Cl3N6O. The highest BCUT2D eigenvalue weighted by atomic mass is 35.5. The number of nitrogen functional groups attached to an aromatic ring is 1. The summed E-state index contributed by atoms with van der Waals surface area (Å²) in [6.07, 6.45) is 3.01. The molecule has 182 valence electrons. The van der Waals surface area contributed by atoms with E-state index in [0.29, 0.717) is 46.5 Å². The van der Waals surface area contributed by atoms with Gasteiger partial charge in [0.1, 0.15) is 11.8 Å². The molecule has 0 aliphatic heterocycles. The van der Waals surface area contributed by atoms with E-state index in [-0.39, 0.29) is 24.8 Å². The lowest BCUT2D eigenvalue weighted by atomic mass is 10.00. The second kappa shape index (κ2) is 12.4. The normalized spacial score (nSPS) is 10.1. The summed E-state index contributed by atoms with van der Waals surface area (Å²) in [5.41, 5.74) is 9.86. The van der Waals surface area contributed by atoms with Crippen LogP contribution in [0.25, 0.3) is 10.8 Å². The Bertz CT molecular complexity index is 1340. The van der Waals surface area contributed by atoms with Crippen molar-refractivity contribution in [1.29, 1.82) is 5.26 Å². The molecule has 0 saturated heterocycles. The number of pyridine rings is 1. The summed E-state index contributed by atoms with van der Waals surface area (Å²) in [4.78, 5) is 6.42. The van der Waals surface area contributed by atoms with Crippen molar-refractivity contribution < 1.29 is 4.74 Å². The standard InChI is InChI=1S/C25H23ClN6O.2ClH/c1-32(12-10-18-5-3-4-11-29-18)25-19-8-7-17(15-27)24(28)23(19)21(30-31-25)14-16-6-9-22(33-2)20(26)13-16;;/h3-9,11,13H,10,12,14,28H2,1-2H3;2*1H. The number of methoxy groups -OCH3 is 1. The van der Waals surface area contributed by atoms with Crippen molar-refractivity contribution in [3.63, 3.8) is 0 Å². The molecule has 2 aromatic carbocycles. The highest BCUT2D eigenvalue weighted by molar-refractivity contribution is 6.32. The van der Waals surface area contributed by atoms with Crippen LogP contribution in [0.5, 0.6) is 5.75 Å². The number of fused-ring (bicyclic) bond motifs is 1. The predicted molar refractivity (Wildman–Crippen MR) is 145 cm³/mol. The van der Waals surface area contributed by atoms with E-state index in [2.05, 4.69) is 21.3 Å². The quantitative estimate of drug-likeness (QED) is 0.325. The summed E-state index contributed by atoms with van der Waals surface area (Å²) in [7, 11) is 3.54. The van der Waals surface area contributed by atoms with Crippen LogP contribution in [0, 0.1) is 11.3 Å². The van der Waals surface area contributed by atoms with Crippen LogP contribution < -0.4 is 15.4 Å². The third-order valence-corrected chi connectivity index (χ3v) is 5.84. The lowest BCUT2D eigenvalue weighted by Crippen LogP contribution is -2.23. The van der Waals surface area contributed by atoms with Crippen molar-refractivity contribution in [3.05, 3.63) is 82.3 Å². The number of ether oxygens (including phenoxy) is 1. The van der Waals surface area contributed by atoms with Crippen LogP contribution >= 0.6 is 36.4 Å². The molecule has 7 nitrogen and oxygen atoms in total. The first-order valence-electron chi connectivity index (χ1n) is 10.4. The number of anilines is 2. The molecule has 0 saturated carbocycles. The summed E-state index contributed by atoms with van der Waals surface area (Å²) in [5, 5.41) is 20.7. The number of nitrogens with zero attached hydrogens (tertiary/aromatic N) is 5. The van der Waals surface area contributed by atoms with Crippen LogP contribution in [0.3, 0.4) is 0 Å². The average molecular weight is 532 g/mol. The number of hydrogen-bond donors (Lipinski definition) is 1. The van der Waals surface area contributed by atoms with E-state index in [1.807, 2.05) is 54.4 Å². The Morgan fingerprint density at radius 1 is 1.11 bits per heavy atom. The van der Waals surface area contributed by atoms with Gasteiger partial charge in [0.2, 0.25) is 0 Å². The molecule has 0 aliphatic carbocycles. The predicted octanol–water partition coefficient (Wildman–Crippen LogP) is 5.25. The van der Waals surface area contributed by atoms with Crippen LogP contribution in [0.1, 0.15) is 22.5 Å². The summed E-state index contributed by atoms with van der Waals surface area (Å²) < 4.78 is 5.24. The second-order valence-corrected chi connectivity index (χ2v) is 8.08. The van der Waals surface area contributed by atoms with Crippen molar-refractivity contribution in [2.45, 2.75) is 12.8 Å². The first kappa shape index (κ1) is 27.9. The van der Waals surface area contributed by atoms with E-state index in [0.717, 1.165) is 28.5 Å². The van der Waals surface area contributed by atoms with Crippen molar-refractivity contribution in [3.8, 4) is 11.8 Å². The largest absolute Gasteiger partial charge is 0.495 e. The smallest absolute Gasteiger partial charge is 0.159 e. The number of nitrogens with two attached hydrogens (primary N) is 1. The molecule has 4 aromatic rings. The fourth-order valence-corrected chi connectivity index (χ4v) is 4.06. The molecule has 0 unspecified atom stereocenters. The van der Waals surface area contributed by atoms with Gasteiger partial charge in [-0.05, 0) is 42.0 Å². The molecule has 0 spiro atoms. The van der Waals surface area contributed by atoms with Gasteiger partial charge in [0, 0.05) is 49.1 Å². The summed E-state index contributed by atoms with van der Waals surface area (Å²) in [5.74, 6) is 1.31. The minimum Gasteiger partial charge on any atom is -0.495 e. The topological polar surface area (TPSA) is 101 Å². The number of halogens is 3. The van der Waals surface area contributed by atoms with Gasteiger partial charge >= 0.3 is 0 Å². The highest BCUT2D eigenvalue weighted by Crippen LogP contribution is 2.34. The minimum absolute atomic E-state index is 0. The van der Waals surface area contributed by atoms with Gasteiger partial charge in [-0.3, -0.25) is 4.98 Å². The van der Waals surface area contributed by atoms with Gasteiger partial charge in [-0.2, -0.15) is 10.4 Å². The first-order chi connectivity index (χ1) is 16.0. The van der Waals surface area contributed by atoms with Crippen molar-refractivity contribution in [2.24, 2.45) is 0 Å². The van der Waals surface area contributed by atoms with E-state index >= 15 is 0 Å². The van der Waals surface area contributed by atoms with Gasteiger partial charge < -0.3 is 15.4 Å². The Labute approximate surface area is 221 Å². The van der Waals surface area contributed by atoms with Crippen molar-refractivity contribution >= 4 is 58.7 Å². The SMILES string of the molecule is COc1ccc(Cc2nnc(N(C)CCc3ccccn3)c3ccc(C#N)c(N)c23)cc1Cl.Cl.Cl. The highest BCUT2D eigenvalue weighted by Gasteiger charge is 2.18. The molecule has 0 fully saturated rings. The van der Waals surface area contributed by atoms with Crippen molar-refractivity contribution in [2.75, 3.05) is 31.3 Å². The fourth-order valence-electron chi connectivity index (χ4n) is 3.78. The van der Waals surface area contributed by atoms with Gasteiger partial charge in [0.05, 0.1) is 29.1 Å². The second-order valence-electron chi connectivity index (χ2n) is 7.67. The van der Waals surface area contributed by atoms with Crippen LogP contribution in [-0.2, 0) is 12.8 Å². The number of rotatable bonds is 7. The number of nitriles is 1. The van der Waals surface area contributed by atoms with E-state index in [9.17, 15) is 5.26 Å². The Kier molecular flexibility index (Phi) is 9.90. The lowest BCUT2D eigenvalue weighted by Gasteiger charge is -2.21. The summed E-state index contributed by atoms with van der Waals surface area (Å²) in [6.45, 7) is 0.703. The Morgan fingerprint density at radius 3 is 2.57 bits per heavy atom. The minimum atomic E-state index is 0. The molecule has 0 bridgehead atoms. The van der Waals surface area contributed by atoms with Crippen LogP contribution in [0.2, 0.25) is 5.02 Å². The van der Waals surface area contributed by atoms with Crippen molar-refractivity contribution in [1.82, 2.24) is 15.2 Å². The van der Waals surface area contributed by atoms with Crippen LogP contribution in [0.4, 0.5) is 11.5 Å². The third-order valence-electron chi connectivity index (χ3n) is 5.54. The van der Waals surface area contributed by atoms with E-state index < -0.39 is 0 Å². The zero-order valence-electron chi connectivity index (χ0n) is 19.2. The maximum atomic E-state index is 9.53. The molecule has 10 heteroatoms. The summed E-state index contributed by atoms with van der Waals surface area (Å²) >= 11 is 6.30. The molecule has 35 heavy (non-hydrogen) atoms. The van der Waals surface area contributed by atoms with E-state index in [4.69, 9.17) is 22.1 Å². The molecule has 0 radical (unpaired) electrons.